The van der Waals surface area contributed by atoms with Crippen LogP contribution in [0, 0.1) is 13.8 Å². The lowest BCUT2D eigenvalue weighted by molar-refractivity contribution is 0.0832. The van der Waals surface area contributed by atoms with E-state index in [9.17, 15) is 4.79 Å². The molecule has 1 aromatic heterocycles. The van der Waals surface area contributed by atoms with Gasteiger partial charge in [-0.15, -0.1) is 0 Å². The number of carbonyl (C=O) groups excluding carboxylic acids is 1. The molecule has 0 N–H and O–H groups in total. The van der Waals surface area contributed by atoms with E-state index in [0.29, 0.717) is 6.61 Å². The lowest BCUT2D eigenvalue weighted by atomic mass is 9.94. The van der Waals surface area contributed by atoms with Crippen molar-refractivity contribution in [2.24, 2.45) is 0 Å². The molecule has 0 radical (unpaired) electrons. The van der Waals surface area contributed by atoms with E-state index in [-0.39, 0.29) is 18.2 Å². The maximum atomic E-state index is 12.6. The van der Waals surface area contributed by atoms with Gasteiger partial charge in [-0.05, 0) is 55.9 Å². The summed E-state index contributed by atoms with van der Waals surface area (Å²) in [6.07, 6.45) is 4.96. The fourth-order valence-electron chi connectivity index (χ4n) is 4.13. The predicted molar refractivity (Wildman–Crippen MR) is 102 cm³/mol. The number of ether oxygens (including phenoxy) is 1. The molecule has 2 aromatic rings. The smallest absolute Gasteiger partial charge is 0.410 e. The van der Waals surface area contributed by atoms with Crippen LogP contribution in [0.3, 0.4) is 0 Å². The molecule has 1 amide bonds. The second-order valence-corrected chi connectivity index (χ2v) is 7.23. The lowest BCUT2D eigenvalue weighted by Crippen LogP contribution is -2.43. The van der Waals surface area contributed by atoms with Gasteiger partial charge in [-0.25, -0.2) is 4.79 Å². The molecule has 0 aliphatic carbocycles. The van der Waals surface area contributed by atoms with Crippen LogP contribution < -0.4 is 0 Å². The van der Waals surface area contributed by atoms with Crippen LogP contribution in [-0.2, 0) is 11.3 Å². The van der Waals surface area contributed by atoms with Gasteiger partial charge in [0, 0.05) is 17.4 Å². The number of carbonyl (C=O) groups is 1. The first-order valence-corrected chi connectivity index (χ1v) is 9.26. The molecule has 1 saturated heterocycles. The van der Waals surface area contributed by atoms with Crippen molar-refractivity contribution >= 4 is 11.7 Å². The molecule has 1 aromatic carbocycles. The monoisotopic (exact) mass is 348 g/mol. The Morgan fingerprint density at radius 1 is 1.15 bits per heavy atom. The number of hydrogen-bond donors (Lipinski definition) is 0. The molecule has 4 heteroatoms. The molecule has 1 fully saturated rings. The Labute approximate surface area is 154 Å². The second-order valence-electron chi connectivity index (χ2n) is 7.23. The first kappa shape index (κ1) is 16.8. The first-order valence-electron chi connectivity index (χ1n) is 9.26. The highest BCUT2D eigenvalue weighted by Crippen LogP contribution is 2.39. The molecule has 4 nitrogen and oxygen atoms in total. The van der Waals surface area contributed by atoms with E-state index in [1.54, 1.807) is 0 Å². The average molecular weight is 348 g/mol. The van der Waals surface area contributed by atoms with Crippen LogP contribution in [0.25, 0.3) is 5.57 Å². The quantitative estimate of drug-likeness (QED) is 0.810. The van der Waals surface area contributed by atoms with Crippen molar-refractivity contribution in [2.45, 2.75) is 51.8 Å². The zero-order chi connectivity index (χ0) is 18.1. The SMILES string of the molecule is Cc1ccc(C2=CC3CCC(C2)N3C(=O)OCc2ccccc2)c(C)n1. The van der Waals surface area contributed by atoms with E-state index in [1.165, 1.54) is 11.1 Å². The van der Waals surface area contributed by atoms with Gasteiger partial charge in [0.15, 0.2) is 0 Å². The summed E-state index contributed by atoms with van der Waals surface area (Å²) < 4.78 is 5.57. The number of hydrogen-bond acceptors (Lipinski definition) is 3. The maximum Gasteiger partial charge on any atom is 0.410 e. The molecule has 2 bridgehead atoms. The Hall–Kier alpha value is -2.62. The highest BCUT2D eigenvalue weighted by Gasteiger charge is 2.40. The van der Waals surface area contributed by atoms with Gasteiger partial charge in [0.05, 0.1) is 6.04 Å². The van der Waals surface area contributed by atoms with Gasteiger partial charge in [-0.3, -0.25) is 9.88 Å². The van der Waals surface area contributed by atoms with E-state index in [1.807, 2.05) is 42.2 Å². The molecule has 26 heavy (non-hydrogen) atoms. The van der Waals surface area contributed by atoms with Crippen LogP contribution in [-0.4, -0.2) is 28.1 Å². The van der Waals surface area contributed by atoms with Gasteiger partial charge in [0.25, 0.3) is 0 Å². The van der Waals surface area contributed by atoms with Crippen molar-refractivity contribution in [3.8, 4) is 0 Å². The summed E-state index contributed by atoms with van der Waals surface area (Å²) in [5.74, 6) is 0. The van der Waals surface area contributed by atoms with E-state index < -0.39 is 0 Å². The molecule has 2 aliphatic rings. The Morgan fingerprint density at radius 2 is 1.96 bits per heavy atom. The molecular formula is C22H24N2O2. The fraction of sp³-hybridized carbons (Fsp3) is 0.364. The van der Waals surface area contributed by atoms with Crippen molar-refractivity contribution < 1.29 is 9.53 Å². The summed E-state index contributed by atoms with van der Waals surface area (Å²) in [6.45, 7) is 4.40. The van der Waals surface area contributed by atoms with Crippen LogP contribution in [0.15, 0.2) is 48.5 Å². The Bertz CT molecular complexity index is 844. The minimum Gasteiger partial charge on any atom is -0.445 e. The summed E-state index contributed by atoms with van der Waals surface area (Å²) >= 11 is 0. The van der Waals surface area contributed by atoms with Crippen LogP contribution >= 0.6 is 0 Å². The van der Waals surface area contributed by atoms with Gasteiger partial charge in [-0.1, -0.05) is 42.5 Å². The number of aromatic nitrogens is 1. The van der Waals surface area contributed by atoms with Crippen LogP contribution in [0.2, 0.25) is 0 Å². The number of rotatable bonds is 3. The highest BCUT2D eigenvalue weighted by atomic mass is 16.6. The maximum absolute atomic E-state index is 12.6. The van der Waals surface area contributed by atoms with E-state index in [4.69, 9.17) is 4.74 Å². The van der Waals surface area contributed by atoms with Crippen molar-refractivity contribution in [1.82, 2.24) is 9.88 Å². The molecule has 0 spiro atoms. The summed E-state index contributed by atoms with van der Waals surface area (Å²) in [7, 11) is 0. The number of aryl methyl sites for hydroxylation is 2. The number of benzene rings is 1. The number of fused-ring (bicyclic) bond motifs is 2. The second kappa shape index (κ2) is 6.94. The van der Waals surface area contributed by atoms with Crippen LogP contribution in [0.4, 0.5) is 4.79 Å². The largest absolute Gasteiger partial charge is 0.445 e. The summed E-state index contributed by atoms with van der Waals surface area (Å²) in [4.78, 5) is 19.2. The molecule has 134 valence electrons. The fourth-order valence-corrected chi connectivity index (χ4v) is 4.13. The molecule has 0 saturated carbocycles. The third-order valence-corrected chi connectivity index (χ3v) is 5.38. The molecule has 2 aliphatic heterocycles. The zero-order valence-corrected chi connectivity index (χ0v) is 15.3. The highest BCUT2D eigenvalue weighted by molar-refractivity contribution is 5.75. The molecule has 3 heterocycles. The van der Waals surface area contributed by atoms with Gasteiger partial charge in [0.2, 0.25) is 0 Å². The van der Waals surface area contributed by atoms with E-state index in [0.717, 1.165) is 36.2 Å². The van der Waals surface area contributed by atoms with Crippen molar-refractivity contribution in [1.29, 1.82) is 0 Å². The summed E-state index contributed by atoms with van der Waals surface area (Å²) in [5.41, 5.74) is 5.65. The Kier molecular flexibility index (Phi) is 4.49. The zero-order valence-electron chi connectivity index (χ0n) is 15.3. The standard InChI is InChI=1S/C22H24N2O2/c1-15-8-11-21(16(2)23-15)18-12-19-9-10-20(13-18)24(19)22(25)26-14-17-6-4-3-5-7-17/h3-8,11-12,19-20H,9-10,13-14H2,1-2H3. The molecule has 2 unspecified atom stereocenters. The Balaban J connectivity index is 1.49. The number of amides is 1. The lowest BCUT2D eigenvalue weighted by Gasteiger charge is -2.33. The normalized spacial score (nSPS) is 21.5. The van der Waals surface area contributed by atoms with Crippen LogP contribution in [0.5, 0.6) is 0 Å². The minimum absolute atomic E-state index is 0.132. The van der Waals surface area contributed by atoms with Gasteiger partial charge < -0.3 is 4.74 Å². The molecule has 4 rings (SSSR count). The third kappa shape index (κ3) is 3.24. The van der Waals surface area contributed by atoms with Crippen molar-refractivity contribution in [3.63, 3.8) is 0 Å². The summed E-state index contributed by atoms with van der Waals surface area (Å²) in [5, 5.41) is 0. The van der Waals surface area contributed by atoms with Gasteiger partial charge in [0.1, 0.15) is 6.61 Å². The van der Waals surface area contributed by atoms with E-state index >= 15 is 0 Å². The Morgan fingerprint density at radius 3 is 2.69 bits per heavy atom. The first-order chi connectivity index (χ1) is 12.6. The average Bonchev–Trinajstić information content (AvgIpc) is 2.90. The van der Waals surface area contributed by atoms with Crippen LogP contribution in [0.1, 0.15) is 41.8 Å². The number of pyridine rings is 1. The molecule has 2 atom stereocenters. The van der Waals surface area contributed by atoms with E-state index in [2.05, 4.69) is 30.1 Å². The van der Waals surface area contributed by atoms with Crippen molar-refractivity contribution in [2.75, 3.05) is 0 Å². The predicted octanol–water partition coefficient (Wildman–Crippen LogP) is 4.66. The topological polar surface area (TPSA) is 42.4 Å². The number of nitrogens with zero attached hydrogens (tertiary/aromatic N) is 2. The van der Waals surface area contributed by atoms with Gasteiger partial charge in [-0.2, -0.15) is 0 Å². The summed E-state index contributed by atoms with van der Waals surface area (Å²) in [6, 6.07) is 14.4. The van der Waals surface area contributed by atoms with Gasteiger partial charge >= 0.3 is 6.09 Å². The molecular weight excluding hydrogens is 324 g/mol. The minimum atomic E-state index is -0.199. The van der Waals surface area contributed by atoms with Crippen molar-refractivity contribution in [3.05, 3.63) is 71.1 Å². The third-order valence-electron chi connectivity index (χ3n) is 5.38.